The molecule has 1 aromatic heterocycles. The highest BCUT2D eigenvalue weighted by atomic mass is 19.1. The Morgan fingerprint density at radius 1 is 1.38 bits per heavy atom. The van der Waals surface area contributed by atoms with Gasteiger partial charge in [-0.2, -0.15) is 0 Å². The third-order valence-electron chi connectivity index (χ3n) is 3.18. The van der Waals surface area contributed by atoms with E-state index in [1.807, 2.05) is 0 Å². The molecule has 0 bridgehead atoms. The van der Waals surface area contributed by atoms with Crippen LogP contribution in [0.4, 0.5) is 10.2 Å². The fraction of sp³-hybridized carbons (Fsp3) is 0.312. The number of carbonyl (C=O) groups is 2. The Labute approximate surface area is 137 Å². The minimum absolute atomic E-state index is 0.0118. The lowest BCUT2D eigenvalue weighted by Gasteiger charge is -2.15. The van der Waals surface area contributed by atoms with Crippen LogP contribution < -0.4 is 10.1 Å². The minimum atomic E-state index is -1.04. The lowest BCUT2D eigenvalue weighted by Crippen LogP contribution is -2.32. The van der Waals surface area contributed by atoms with Crippen molar-refractivity contribution in [1.29, 1.82) is 0 Å². The summed E-state index contributed by atoms with van der Waals surface area (Å²) in [6, 6.07) is 5.19. The van der Waals surface area contributed by atoms with Crippen LogP contribution in [-0.2, 0) is 9.53 Å². The summed E-state index contributed by atoms with van der Waals surface area (Å²) < 4.78 is 28.4. The summed E-state index contributed by atoms with van der Waals surface area (Å²) in [6.07, 6.45) is -0.799. The zero-order chi connectivity index (χ0) is 17.7. The molecule has 0 unspecified atom stereocenters. The van der Waals surface area contributed by atoms with E-state index in [2.05, 4.69) is 10.5 Å². The smallest absolute Gasteiger partial charge is 0.339 e. The van der Waals surface area contributed by atoms with Crippen molar-refractivity contribution in [2.45, 2.75) is 26.4 Å². The van der Waals surface area contributed by atoms with Gasteiger partial charge in [0.1, 0.15) is 5.76 Å². The topological polar surface area (TPSA) is 90.7 Å². The predicted octanol–water partition coefficient (Wildman–Crippen LogP) is 2.70. The van der Waals surface area contributed by atoms with Crippen molar-refractivity contribution < 1.29 is 28.0 Å². The molecule has 0 aliphatic carbocycles. The number of halogens is 1. The molecule has 2 aromatic rings. The highest BCUT2D eigenvalue weighted by Gasteiger charge is 2.23. The van der Waals surface area contributed by atoms with E-state index in [9.17, 15) is 14.0 Å². The van der Waals surface area contributed by atoms with E-state index in [1.165, 1.54) is 25.3 Å². The van der Waals surface area contributed by atoms with Gasteiger partial charge < -0.3 is 19.3 Å². The average molecular weight is 336 g/mol. The normalized spacial score (nSPS) is 11.7. The number of amides is 1. The first-order valence-electron chi connectivity index (χ1n) is 7.23. The second-order valence-electron chi connectivity index (χ2n) is 4.96. The van der Waals surface area contributed by atoms with Gasteiger partial charge in [-0.15, -0.1) is 0 Å². The van der Waals surface area contributed by atoms with Gasteiger partial charge in [-0.3, -0.25) is 4.79 Å². The van der Waals surface area contributed by atoms with E-state index in [4.69, 9.17) is 14.0 Å². The van der Waals surface area contributed by atoms with Gasteiger partial charge in [0.2, 0.25) is 0 Å². The van der Waals surface area contributed by atoms with E-state index in [0.717, 1.165) is 6.07 Å². The number of esters is 1. The molecule has 1 amide bonds. The first-order valence-corrected chi connectivity index (χ1v) is 7.23. The number of rotatable bonds is 6. The Bertz CT molecular complexity index is 744. The Hall–Kier alpha value is -2.90. The molecule has 8 heteroatoms. The SMILES string of the molecule is CC[C@@H](OC(=O)c1ccc(OC)c(F)c1)C(=O)Nc1cc(C)on1. The third kappa shape index (κ3) is 4.09. The number of nitrogens with one attached hydrogen (secondary N) is 1. The molecule has 0 fully saturated rings. The highest BCUT2D eigenvalue weighted by Crippen LogP contribution is 2.19. The number of carbonyl (C=O) groups excluding carboxylic acids is 2. The van der Waals surface area contributed by atoms with E-state index in [-0.39, 0.29) is 23.6 Å². The molecule has 24 heavy (non-hydrogen) atoms. The van der Waals surface area contributed by atoms with Gasteiger partial charge in [0.05, 0.1) is 12.7 Å². The fourth-order valence-electron chi connectivity index (χ4n) is 1.94. The summed E-state index contributed by atoms with van der Waals surface area (Å²) in [5.74, 6) is -1.28. The molecule has 7 nitrogen and oxygen atoms in total. The lowest BCUT2D eigenvalue weighted by atomic mass is 10.2. The number of nitrogens with zero attached hydrogens (tertiary/aromatic N) is 1. The van der Waals surface area contributed by atoms with Crippen LogP contribution in [0.2, 0.25) is 0 Å². The van der Waals surface area contributed by atoms with Crippen LogP contribution in [-0.4, -0.2) is 30.2 Å². The zero-order valence-corrected chi connectivity index (χ0v) is 13.5. The van der Waals surface area contributed by atoms with Gasteiger partial charge in [-0.05, 0) is 31.5 Å². The van der Waals surface area contributed by atoms with Crippen molar-refractivity contribution in [2.24, 2.45) is 0 Å². The van der Waals surface area contributed by atoms with Crippen LogP contribution in [0, 0.1) is 12.7 Å². The van der Waals surface area contributed by atoms with E-state index >= 15 is 0 Å². The number of ether oxygens (including phenoxy) is 2. The predicted molar refractivity (Wildman–Crippen MR) is 82.3 cm³/mol. The Morgan fingerprint density at radius 2 is 2.12 bits per heavy atom. The van der Waals surface area contributed by atoms with Crippen LogP contribution in [0.1, 0.15) is 29.5 Å². The molecule has 1 heterocycles. The van der Waals surface area contributed by atoms with Gasteiger partial charge in [0, 0.05) is 6.07 Å². The average Bonchev–Trinajstić information content (AvgIpc) is 2.96. The first-order chi connectivity index (χ1) is 11.4. The van der Waals surface area contributed by atoms with Crippen molar-refractivity contribution in [2.75, 3.05) is 12.4 Å². The van der Waals surface area contributed by atoms with E-state index in [1.54, 1.807) is 13.8 Å². The number of anilines is 1. The van der Waals surface area contributed by atoms with Crippen LogP contribution in [0.25, 0.3) is 0 Å². The summed E-state index contributed by atoms with van der Waals surface area (Å²) in [5, 5.41) is 6.11. The molecule has 0 saturated heterocycles. The summed E-state index contributed by atoms with van der Waals surface area (Å²) in [5.41, 5.74) is -0.0168. The maximum atomic E-state index is 13.6. The molecule has 2 rings (SSSR count). The molecular formula is C16H17FN2O5. The Kier molecular flexibility index (Phi) is 5.51. The van der Waals surface area contributed by atoms with Gasteiger partial charge in [-0.25, -0.2) is 9.18 Å². The number of aryl methyl sites for hydroxylation is 1. The minimum Gasteiger partial charge on any atom is -0.494 e. The lowest BCUT2D eigenvalue weighted by molar-refractivity contribution is -0.124. The second-order valence-corrected chi connectivity index (χ2v) is 4.96. The molecule has 1 N–H and O–H groups in total. The van der Waals surface area contributed by atoms with Crippen molar-refractivity contribution in [3.63, 3.8) is 0 Å². The van der Waals surface area contributed by atoms with Gasteiger partial charge in [-0.1, -0.05) is 12.1 Å². The maximum Gasteiger partial charge on any atom is 0.339 e. The number of benzene rings is 1. The molecular weight excluding hydrogens is 319 g/mol. The number of hydrogen-bond acceptors (Lipinski definition) is 6. The first kappa shape index (κ1) is 17.5. The number of hydrogen-bond donors (Lipinski definition) is 1. The largest absolute Gasteiger partial charge is 0.494 e. The van der Waals surface area contributed by atoms with Gasteiger partial charge in [0.25, 0.3) is 5.91 Å². The quantitative estimate of drug-likeness (QED) is 0.816. The van der Waals surface area contributed by atoms with Crippen LogP contribution in [0.5, 0.6) is 5.75 Å². The standard InChI is InChI=1S/C16H17FN2O5/c1-4-12(15(20)18-14-7-9(2)24-19-14)23-16(21)10-5-6-13(22-3)11(17)8-10/h5-8,12H,4H2,1-3H3,(H,18,19,20)/t12-/m1/s1. The Morgan fingerprint density at radius 3 is 2.67 bits per heavy atom. The molecule has 0 radical (unpaired) electrons. The molecule has 0 spiro atoms. The third-order valence-corrected chi connectivity index (χ3v) is 3.18. The second kappa shape index (κ2) is 7.58. The number of aromatic nitrogens is 1. The molecule has 0 aliphatic heterocycles. The van der Waals surface area contributed by atoms with Crippen LogP contribution in [0.3, 0.4) is 0 Å². The Balaban J connectivity index is 2.04. The summed E-state index contributed by atoms with van der Waals surface area (Å²) in [7, 11) is 1.32. The van der Waals surface area contributed by atoms with E-state index in [0.29, 0.717) is 5.76 Å². The molecule has 0 saturated carbocycles. The fourth-order valence-corrected chi connectivity index (χ4v) is 1.94. The molecule has 128 valence electrons. The summed E-state index contributed by atoms with van der Waals surface area (Å²) in [6.45, 7) is 3.36. The van der Waals surface area contributed by atoms with Crippen molar-refractivity contribution in [3.8, 4) is 5.75 Å². The van der Waals surface area contributed by atoms with Gasteiger partial charge in [0.15, 0.2) is 23.5 Å². The monoisotopic (exact) mass is 336 g/mol. The molecule has 1 aromatic carbocycles. The molecule has 1 atom stereocenters. The maximum absolute atomic E-state index is 13.6. The van der Waals surface area contributed by atoms with E-state index < -0.39 is 23.8 Å². The van der Waals surface area contributed by atoms with Crippen LogP contribution >= 0.6 is 0 Å². The number of methoxy groups -OCH3 is 1. The summed E-state index contributed by atoms with van der Waals surface area (Å²) >= 11 is 0. The van der Waals surface area contributed by atoms with Crippen molar-refractivity contribution >= 4 is 17.7 Å². The van der Waals surface area contributed by atoms with Crippen molar-refractivity contribution in [1.82, 2.24) is 5.16 Å². The highest BCUT2D eigenvalue weighted by molar-refractivity contribution is 5.97. The van der Waals surface area contributed by atoms with Gasteiger partial charge >= 0.3 is 5.97 Å². The van der Waals surface area contributed by atoms with Crippen LogP contribution in [0.15, 0.2) is 28.8 Å². The van der Waals surface area contributed by atoms with Crippen molar-refractivity contribution in [3.05, 3.63) is 41.4 Å². The summed E-state index contributed by atoms with van der Waals surface area (Å²) in [4.78, 5) is 24.2. The zero-order valence-electron chi connectivity index (χ0n) is 13.5. The molecule has 0 aliphatic rings.